The van der Waals surface area contributed by atoms with E-state index in [1.54, 1.807) is 37.4 Å². The van der Waals surface area contributed by atoms with Crippen LogP contribution in [-0.2, 0) is 14.3 Å². The number of amides is 3. The Bertz CT molecular complexity index is 922. The van der Waals surface area contributed by atoms with E-state index in [0.717, 1.165) is 29.5 Å². The van der Waals surface area contributed by atoms with Crippen LogP contribution in [-0.4, -0.2) is 58.0 Å². The zero-order valence-corrected chi connectivity index (χ0v) is 26.3. The largest absolute Gasteiger partial charge is 0.444 e. The van der Waals surface area contributed by atoms with Gasteiger partial charge in [0.05, 0.1) is 0 Å². The Hall–Kier alpha value is -2.22. The lowest BCUT2D eigenvalue weighted by molar-refractivity contribution is -0.149. The van der Waals surface area contributed by atoms with Crippen molar-refractivity contribution in [2.24, 2.45) is 0 Å². The van der Waals surface area contributed by atoms with Crippen LogP contribution >= 0.6 is 11.8 Å². The molecule has 1 aromatic carbocycles. The Morgan fingerprint density at radius 1 is 0.974 bits per heavy atom. The van der Waals surface area contributed by atoms with Gasteiger partial charge in [0.25, 0.3) is 0 Å². The fourth-order valence-corrected chi connectivity index (χ4v) is 4.94. The van der Waals surface area contributed by atoms with Crippen molar-refractivity contribution in [1.82, 2.24) is 15.5 Å². The van der Waals surface area contributed by atoms with Crippen LogP contribution in [0.4, 0.5) is 4.79 Å². The average Bonchev–Trinajstić information content (AvgIpc) is 2.77. The monoisotopic (exact) mass is 549 g/mol. The summed E-state index contributed by atoms with van der Waals surface area (Å²) in [5.41, 5.74) is 1.44. The SMILES string of the molecule is CCCC(C)NC(=O)C(c1cc(C)cc(C)c1)N(C(=O)C(CCSC)NC(=O)OC(C)(C)C)C(C)(C)CC. The van der Waals surface area contributed by atoms with Crippen molar-refractivity contribution in [3.05, 3.63) is 34.9 Å². The molecule has 0 bridgehead atoms. The van der Waals surface area contributed by atoms with Gasteiger partial charge < -0.3 is 20.3 Å². The first-order valence-electron chi connectivity index (χ1n) is 13.8. The highest BCUT2D eigenvalue weighted by Crippen LogP contribution is 2.33. The first-order valence-corrected chi connectivity index (χ1v) is 15.2. The van der Waals surface area contributed by atoms with Gasteiger partial charge in [0.2, 0.25) is 11.8 Å². The van der Waals surface area contributed by atoms with E-state index in [2.05, 4.69) is 23.6 Å². The lowest BCUT2D eigenvalue weighted by atomic mass is 9.90. The Kier molecular flexibility index (Phi) is 13.2. The summed E-state index contributed by atoms with van der Waals surface area (Å²) in [6.07, 6.45) is 4.14. The van der Waals surface area contributed by atoms with Gasteiger partial charge in [0.15, 0.2) is 0 Å². The van der Waals surface area contributed by atoms with Crippen LogP contribution in [0.5, 0.6) is 0 Å². The van der Waals surface area contributed by atoms with Gasteiger partial charge >= 0.3 is 6.09 Å². The van der Waals surface area contributed by atoms with Crippen molar-refractivity contribution in [3.63, 3.8) is 0 Å². The zero-order valence-electron chi connectivity index (χ0n) is 25.5. The van der Waals surface area contributed by atoms with Crippen molar-refractivity contribution < 1.29 is 19.1 Å². The van der Waals surface area contributed by atoms with E-state index in [0.29, 0.717) is 18.6 Å². The van der Waals surface area contributed by atoms with E-state index in [4.69, 9.17) is 4.74 Å². The highest BCUT2D eigenvalue weighted by molar-refractivity contribution is 7.98. The van der Waals surface area contributed by atoms with Gasteiger partial charge in [-0.15, -0.1) is 0 Å². The fraction of sp³-hybridized carbons (Fsp3) is 0.700. The lowest BCUT2D eigenvalue weighted by Gasteiger charge is -2.45. The van der Waals surface area contributed by atoms with Gasteiger partial charge in [-0.1, -0.05) is 49.6 Å². The Morgan fingerprint density at radius 2 is 1.55 bits per heavy atom. The molecule has 38 heavy (non-hydrogen) atoms. The molecule has 3 amide bonds. The van der Waals surface area contributed by atoms with Gasteiger partial charge in [-0.05, 0) is 92.2 Å². The Balaban J connectivity index is 3.69. The van der Waals surface area contributed by atoms with Crippen LogP contribution in [0.1, 0.15) is 104 Å². The number of nitrogens with zero attached hydrogens (tertiary/aromatic N) is 1. The van der Waals surface area contributed by atoms with E-state index in [1.807, 2.05) is 59.9 Å². The van der Waals surface area contributed by atoms with Crippen molar-refractivity contribution >= 4 is 29.7 Å². The van der Waals surface area contributed by atoms with Crippen LogP contribution in [0.2, 0.25) is 0 Å². The molecule has 2 N–H and O–H groups in total. The van der Waals surface area contributed by atoms with Gasteiger partial charge in [0, 0.05) is 11.6 Å². The number of thioether (sulfide) groups is 1. The summed E-state index contributed by atoms with van der Waals surface area (Å²) in [7, 11) is 0. The zero-order chi connectivity index (χ0) is 29.3. The molecule has 7 nitrogen and oxygen atoms in total. The quantitative estimate of drug-likeness (QED) is 0.301. The minimum absolute atomic E-state index is 0.0326. The van der Waals surface area contributed by atoms with Crippen LogP contribution in [0.15, 0.2) is 18.2 Å². The third-order valence-electron chi connectivity index (χ3n) is 6.53. The number of carbonyl (C=O) groups is 3. The molecule has 0 heterocycles. The van der Waals surface area contributed by atoms with Crippen molar-refractivity contribution in [1.29, 1.82) is 0 Å². The number of hydrogen-bond acceptors (Lipinski definition) is 5. The number of rotatable bonds is 13. The molecule has 1 aromatic rings. The minimum atomic E-state index is -0.854. The summed E-state index contributed by atoms with van der Waals surface area (Å²) >= 11 is 1.60. The molecule has 0 aliphatic carbocycles. The molecule has 3 unspecified atom stereocenters. The number of aryl methyl sites for hydroxylation is 2. The lowest BCUT2D eigenvalue weighted by Crippen LogP contribution is -2.59. The third-order valence-corrected chi connectivity index (χ3v) is 7.18. The predicted molar refractivity (Wildman–Crippen MR) is 159 cm³/mol. The normalized spacial score (nSPS) is 14.3. The maximum absolute atomic E-state index is 14.4. The van der Waals surface area contributed by atoms with Crippen molar-refractivity contribution in [2.75, 3.05) is 12.0 Å². The maximum atomic E-state index is 14.4. The van der Waals surface area contributed by atoms with E-state index < -0.39 is 29.3 Å². The molecule has 0 aromatic heterocycles. The number of hydrogen-bond donors (Lipinski definition) is 2. The maximum Gasteiger partial charge on any atom is 0.408 e. The van der Waals surface area contributed by atoms with Gasteiger partial charge in [0.1, 0.15) is 17.7 Å². The van der Waals surface area contributed by atoms with Crippen LogP contribution in [0.25, 0.3) is 0 Å². The average molecular weight is 550 g/mol. The van der Waals surface area contributed by atoms with Crippen LogP contribution < -0.4 is 10.6 Å². The summed E-state index contributed by atoms with van der Waals surface area (Å²) in [4.78, 5) is 42.9. The highest BCUT2D eigenvalue weighted by Gasteiger charge is 2.43. The van der Waals surface area contributed by atoms with Gasteiger partial charge in [-0.3, -0.25) is 9.59 Å². The van der Waals surface area contributed by atoms with Crippen LogP contribution in [0, 0.1) is 13.8 Å². The summed E-state index contributed by atoms with van der Waals surface area (Å²) in [5, 5.41) is 5.97. The summed E-state index contributed by atoms with van der Waals surface area (Å²) in [6, 6.07) is 4.29. The molecule has 216 valence electrons. The van der Waals surface area contributed by atoms with Gasteiger partial charge in [-0.2, -0.15) is 11.8 Å². The number of carbonyl (C=O) groups excluding carboxylic acids is 3. The number of benzene rings is 1. The molecule has 3 atom stereocenters. The molecule has 1 rings (SSSR count). The first kappa shape index (κ1) is 33.8. The number of ether oxygens (including phenoxy) is 1. The van der Waals surface area contributed by atoms with E-state index >= 15 is 0 Å². The molecule has 0 aliphatic rings. The third kappa shape index (κ3) is 10.5. The topological polar surface area (TPSA) is 87.7 Å². The standard InChI is InChI=1S/C30H51N3O4S/c1-12-14-22(5)31-26(34)25(23-18-20(3)17-21(4)19-23)33(30(9,10)13-2)27(35)24(15-16-38-11)32-28(36)37-29(6,7)8/h17-19,22,24-25H,12-16H2,1-11H3,(H,31,34)(H,32,36). The molecule has 8 heteroatoms. The summed E-state index contributed by atoms with van der Waals surface area (Å²) in [5.74, 6) is 0.159. The van der Waals surface area contributed by atoms with E-state index in [-0.39, 0.29) is 17.9 Å². The van der Waals surface area contributed by atoms with E-state index in [9.17, 15) is 14.4 Å². The summed E-state index contributed by atoms with van der Waals surface area (Å²) in [6.45, 7) is 19.4. The molecule has 0 radical (unpaired) electrons. The second-order valence-corrected chi connectivity index (χ2v) is 12.9. The Morgan fingerprint density at radius 3 is 2.03 bits per heavy atom. The smallest absolute Gasteiger partial charge is 0.408 e. The molecular formula is C30H51N3O4S. The number of alkyl carbamates (subject to hydrolysis) is 1. The number of nitrogens with one attached hydrogen (secondary N) is 2. The van der Waals surface area contributed by atoms with Crippen molar-refractivity contribution in [3.8, 4) is 0 Å². The van der Waals surface area contributed by atoms with Crippen LogP contribution in [0.3, 0.4) is 0 Å². The first-order chi connectivity index (χ1) is 17.6. The molecule has 0 saturated heterocycles. The highest BCUT2D eigenvalue weighted by atomic mass is 32.2. The molecule has 0 spiro atoms. The minimum Gasteiger partial charge on any atom is -0.444 e. The molecule has 0 aliphatic heterocycles. The summed E-state index contributed by atoms with van der Waals surface area (Å²) < 4.78 is 5.49. The second kappa shape index (κ2) is 14.8. The van der Waals surface area contributed by atoms with Crippen molar-refractivity contribution in [2.45, 2.75) is 124 Å². The molecule has 0 fully saturated rings. The van der Waals surface area contributed by atoms with E-state index in [1.165, 1.54) is 0 Å². The van der Waals surface area contributed by atoms with Gasteiger partial charge in [-0.25, -0.2) is 4.79 Å². The Labute approximate surface area is 235 Å². The predicted octanol–water partition coefficient (Wildman–Crippen LogP) is 6.31. The second-order valence-electron chi connectivity index (χ2n) is 11.9. The fourth-order valence-electron chi connectivity index (χ4n) is 4.47. The molecular weight excluding hydrogens is 498 g/mol. The molecule has 0 saturated carbocycles.